The van der Waals surface area contributed by atoms with Gasteiger partial charge in [0.1, 0.15) is 5.60 Å². The first-order valence-electron chi connectivity index (χ1n) is 8.53. The third-order valence-electron chi connectivity index (χ3n) is 3.42. The first-order chi connectivity index (χ1) is 12.1. The molecule has 0 aliphatic heterocycles. The molecule has 0 radical (unpaired) electrons. The lowest BCUT2D eigenvalue weighted by molar-refractivity contribution is -0.120. The number of imidazole rings is 1. The molecule has 1 unspecified atom stereocenters. The number of aromatic nitrogens is 2. The van der Waals surface area contributed by atoms with Crippen molar-refractivity contribution in [3.05, 3.63) is 42.5 Å². The number of nitrogens with zero attached hydrogens (tertiary/aromatic N) is 2. The molecule has 0 aliphatic carbocycles. The molecule has 0 bridgehead atoms. The van der Waals surface area contributed by atoms with E-state index in [1.807, 2.05) is 48.9 Å². The zero-order valence-electron chi connectivity index (χ0n) is 15.9. The average molecular weight is 358 g/mol. The first-order valence-corrected chi connectivity index (χ1v) is 8.53. The number of carbonyl (C=O) groups excluding carboxylic acids is 2. The molecule has 2 amide bonds. The lowest BCUT2D eigenvalue weighted by atomic mass is 10.2. The number of benzene rings is 1. The van der Waals surface area contributed by atoms with Crippen LogP contribution in [0.1, 0.15) is 39.8 Å². The van der Waals surface area contributed by atoms with E-state index in [9.17, 15) is 9.59 Å². The van der Waals surface area contributed by atoms with Crippen molar-refractivity contribution < 1.29 is 14.3 Å². The molecule has 1 atom stereocenters. The highest BCUT2D eigenvalue weighted by Crippen LogP contribution is 2.15. The summed E-state index contributed by atoms with van der Waals surface area (Å²) in [5, 5.41) is 5.48. The maximum absolute atomic E-state index is 11.9. The van der Waals surface area contributed by atoms with E-state index in [0.29, 0.717) is 0 Å². The Balaban J connectivity index is 1.84. The van der Waals surface area contributed by atoms with Crippen molar-refractivity contribution in [1.82, 2.24) is 14.9 Å². The standard InChI is InChI=1S/C19H26N4O3/c1-13(10-17(24)22-18(25)26-19(3,4)5)21-15-6-8-16(9-7-15)23-11-14(2)20-12-23/h6-9,11-13,21H,10H2,1-5H3,(H,22,24,25). The van der Waals surface area contributed by atoms with Crippen LogP contribution in [0.15, 0.2) is 36.8 Å². The number of alkyl carbamates (subject to hydrolysis) is 1. The highest BCUT2D eigenvalue weighted by Gasteiger charge is 2.19. The van der Waals surface area contributed by atoms with Crippen LogP contribution in [0.2, 0.25) is 0 Å². The summed E-state index contributed by atoms with van der Waals surface area (Å²) in [4.78, 5) is 27.7. The maximum atomic E-state index is 11.9. The number of rotatable bonds is 5. The van der Waals surface area contributed by atoms with Crippen molar-refractivity contribution in [2.24, 2.45) is 0 Å². The third-order valence-corrected chi connectivity index (χ3v) is 3.42. The Morgan fingerprint density at radius 1 is 1.23 bits per heavy atom. The van der Waals surface area contributed by atoms with Gasteiger partial charge >= 0.3 is 6.09 Å². The number of anilines is 1. The molecule has 1 heterocycles. The highest BCUT2D eigenvalue weighted by molar-refractivity contribution is 5.92. The Labute approximate surface area is 153 Å². The number of nitrogens with one attached hydrogen (secondary N) is 2. The molecule has 0 aliphatic rings. The summed E-state index contributed by atoms with van der Waals surface area (Å²) in [5.41, 5.74) is 2.22. The van der Waals surface area contributed by atoms with Crippen molar-refractivity contribution in [3.8, 4) is 5.69 Å². The summed E-state index contributed by atoms with van der Waals surface area (Å²) in [6.45, 7) is 9.06. The molecule has 2 rings (SSSR count). The van der Waals surface area contributed by atoms with Crippen LogP contribution < -0.4 is 10.6 Å². The summed E-state index contributed by atoms with van der Waals surface area (Å²) < 4.78 is 7.01. The Bertz CT molecular complexity index is 760. The molecule has 1 aromatic heterocycles. The molecule has 2 aromatic rings. The summed E-state index contributed by atoms with van der Waals surface area (Å²) in [6, 6.07) is 7.67. The van der Waals surface area contributed by atoms with Crippen LogP contribution >= 0.6 is 0 Å². The fraction of sp³-hybridized carbons (Fsp3) is 0.421. The number of ether oxygens (including phenoxy) is 1. The molecule has 0 spiro atoms. The Kier molecular flexibility index (Phi) is 6.02. The van der Waals surface area contributed by atoms with Gasteiger partial charge in [-0.1, -0.05) is 0 Å². The molecule has 2 N–H and O–H groups in total. The first kappa shape index (κ1) is 19.5. The Hall–Kier alpha value is -2.83. The summed E-state index contributed by atoms with van der Waals surface area (Å²) in [5.74, 6) is -0.384. The van der Waals surface area contributed by atoms with Crippen molar-refractivity contribution in [1.29, 1.82) is 0 Å². The minimum absolute atomic E-state index is 0.140. The van der Waals surface area contributed by atoms with Gasteiger partial charge in [0.2, 0.25) is 5.91 Å². The average Bonchev–Trinajstić information content (AvgIpc) is 2.92. The van der Waals surface area contributed by atoms with E-state index in [4.69, 9.17) is 4.74 Å². The number of amides is 2. The molecule has 7 heteroatoms. The van der Waals surface area contributed by atoms with E-state index >= 15 is 0 Å². The highest BCUT2D eigenvalue weighted by atomic mass is 16.6. The van der Waals surface area contributed by atoms with Crippen LogP contribution in [-0.2, 0) is 9.53 Å². The van der Waals surface area contributed by atoms with Gasteiger partial charge in [-0.05, 0) is 58.9 Å². The largest absolute Gasteiger partial charge is 0.444 e. The van der Waals surface area contributed by atoms with E-state index in [-0.39, 0.29) is 18.4 Å². The van der Waals surface area contributed by atoms with Crippen LogP contribution in [0.3, 0.4) is 0 Å². The lowest BCUT2D eigenvalue weighted by Gasteiger charge is -2.20. The van der Waals surface area contributed by atoms with Crippen molar-refractivity contribution in [3.63, 3.8) is 0 Å². The second-order valence-electron chi connectivity index (χ2n) is 7.27. The lowest BCUT2D eigenvalue weighted by Crippen LogP contribution is -2.38. The van der Waals surface area contributed by atoms with Crippen molar-refractivity contribution in [2.45, 2.75) is 52.7 Å². The second-order valence-corrected chi connectivity index (χ2v) is 7.27. The quantitative estimate of drug-likeness (QED) is 0.855. The van der Waals surface area contributed by atoms with Crippen LogP contribution in [0, 0.1) is 6.92 Å². The molecule has 0 fully saturated rings. The monoisotopic (exact) mass is 358 g/mol. The summed E-state index contributed by atoms with van der Waals surface area (Å²) >= 11 is 0. The van der Waals surface area contributed by atoms with Gasteiger partial charge in [0, 0.05) is 30.0 Å². The van der Waals surface area contributed by atoms with Gasteiger partial charge in [0.15, 0.2) is 0 Å². The predicted molar refractivity (Wildman–Crippen MR) is 100 cm³/mol. The number of aryl methyl sites for hydroxylation is 1. The minimum atomic E-state index is -0.727. The van der Waals surface area contributed by atoms with E-state index in [1.165, 1.54) is 0 Å². The molecule has 26 heavy (non-hydrogen) atoms. The molecular formula is C19H26N4O3. The minimum Gasteiger partial charge on any atom is -0.444 e. The number of carbonyl (C=O) groups is 2. The van der Waals surface area contributed by atoms with Gasteiger partial charge in [-0.3, -0.25) is 10.1 Å². The number of hydrogen-bond donors (Lipinski definition) is 2. The topological polar surface area (TPSA) is 85.2 Å². The van der Waals surface area contributed by atoms with Gasteiger partial charge in [0.05, 0.1) is 12.0 Å². The van der Waals surface area contributed by atoms with Crippen LogP contribution in [0.4, 0.5) is 10.5 Å². The van der Waals surface area contributed by atoms with Crippen molar-refractivity contribution >= 4 is 17.7 Å². The summed E-state index contributed by atoms with van der Waals surface area (Å²) in [7, 11) is 0. The van der Waals surface area contributed by atoms with Crippen LogP contribution in [0.5, 0.6) is 0 Å². The number of imide groups is 1. The fourth-order valence-corrected chi connectivity index (χ4v) is 2.37. The van der Waals surface area contributed by atoms with Crippen LogP contribution in [-0.4, -0.2) is 33.2 Å². The fourth-order valence-electron chi connectivity index (χ4n) is 2.37. The normalized spacial score (nSPS) is 12.3. The molecule has 140 valence electrons. The Morgan fingerprint density at radius 3 is 2.42 bits per heavy atom. The SMILES string of the molecule is Cc1cn(-c2ccc(NC(C)CC(=O)NC(=O)OC(C)(C)C)cc2)cn1. The molecular weight excluding hydrogens is 332 g/mol. The van der Waals surface area contributed by atoms with E-state index in [2.05, 4.69) is 15.6 Å². The van der Waals surface area contributed by atoms with E-state index in [0.717, 1.165) is 17.1 Å². The predicted octanol–water partition coefficient (Wildman–Crippen LogP) is 3.42. The summed E-state index contributed by atoms with van der Waals surface area (Å²) in [6.07, 6.45) is 3.14. The third kappa shape index (κ3) is 6.23. The molecule has 0 saturated carbocycles. The van der Waals surface area contributed by atoms with Gasteiger partial charge in [-0.15, -0.1) is 0 Å². The molecule has 1 aromatic carbocycles. The molecule has 0 saturated heterocycles. The smallest absolute Gasteiger partial charge is 0.414 e. The van der Waals surface area contributed by atoms with Gasteiger partial charge in [-0.25, -0.2) is 9.78 Å². The van der Waals surface area contributed by atoms with E-state index < -0.39 is 11.7 Å². The zero-order valence-corrected chi connectivity index (χ0v) is 15.9. The van der Waals surface area contributed by atoms with E-state index in [1.54, 1.807) is 27.1 Å². The van der Waals surface area contributed by atoms with Gasteiger partial charge < -0.3 is 14.6 Å². The number of hydrogen-bond acceptors (Lipinski definition) is 5. The van der Waals surface area contributed by atoms with Crippen molar-refractivity contribution in [2.75, 3.05) is 5.32 Å². The van der Waals surface area contributed by atoms with Gasteiger partial charge in [-0.2, -0.15) is 0 Å². The second kappa shape index (κ2) is 8.03. The maximum Gasteiger partial charge on any atom is 0.414 e. The van der Waals surface area contributed by atoms with Crippen LogP contribution in [0.25, 0.3) is 5.69 Å². The Morgan fingerprint density at radius 2 is 1.88 bits per heavy atom. The zero-order chi connectivity index (χ0) is 19.3. The van der Waals surface area contributed by atoms with Gasteiger partial charge in [0.25, 0.3) is 0 Å². The molecule has 7 nitrogen and oxygen atoms in total.